The number of hydrogen-bond donors (Lipinski definition) is 2. The first-order valence-corrected chi connectivity index (χ1v) is 7.79. The minimum Gasteiger partial charge on any atom is -0.493 e. The number of amides is 2. The molecule has 0 aliphatic heterocycles. The van der Waals surface area contributed by atoms with Crippen molar-refractivity contribution in [1.82, 2.24) is 10.6 Å². The van der Waals surface area contributed by atoms with E-state index < -0.39 is 6.04 Å². The van der Waals surface area contributed by atoms with Gasteiger partial charge in [-0.1, -0.05) is 13.0 Å². The molecule has 0 fully saturated rings. The maximum Gasteiger partial charge on any atom is 0.242 e. The molecular weight excluding hydrogens is 296 g/mol. The molecule has 0 saturated carbocycles. The molecule has 0 bridgehead atoms. The highest BCUT2D eigenvalue weighted by atomic mass is 16.5. The maximum absolute atomic E-state index is 11.9. The fourth-order valence-corrected chi connectivity index (χ4v) is 2.07. The number of carbonyl (C=O) groups excluding carboxylic acids is 2. The quantitative estimate of drug-likeness (QED) is 0.725. The first kappa shape index (κ1) is 18.8. The average molecular weight is 322 g/mol. The van der Waals surface area contributed by atoms with Crippen LogP contribution in [-0.4, -0.2) is 38.6 Å². The van der Waals surface area contributed by atoms with Gasteiger partial charge in [-0.05, 0) is 37.5 Å². The van der Waals surface area contributed by atoms with Crippen molar-refractivity contribution in [3.05, 3.63) is 23.8 Å². The summed E-state index contributed by atoms with van der Waals surface area (Å²) in [4.78, 5) is 23.6. The monoisotopic (exact) mass is 322 g/mol. The summed E-state index contributed by atoms with van der Waals surface area (Å²) in [6, 6.07) is 5.03. The predicted molar refractivity (Wildman–Crippen MR) is 88.8 cm³/mol. The summed E-state index contributed by atoms with van der Waals surface area (Å²) >= 11 is 0. The SMILES string of the molecule is CCCNC(=O)C(C)NC(=O)CCc1ccc(OC)c(OC)c1. The molecule has 0 radical (unpaired) electrons. The van der Waals surface area contributed by atoms with E-state index in [4.69, 9.17) is 9.47 Å². The third-order valence-corrected chi connectivity index (χ3v) is 3.41. The second kappa shape index (κ2) is 9.71. The van der Waals surface area contributed by atoms with Crippen LogP contribution in [0.1, 0.15) is 32.3 Å². The number of methoxy groups -OCH3 is 2. The zero-order valence-corrected chi connectivity index (χ0v) is 14.3. The Morgan fingerprint density at radius 1 is 1.17 bits per heavy atom. The summed E-state index contributed by atoms with van der Waals surface area (Å²) in [6.45, 7) is 4.27. The van der Waals surface area contributed by atoms with Crippen LogP contribution >= 0.6 is 0 Å². The number of carbonyl (C=O) groups is 2. The number of hydrogen-bond acceptors (Lipinski definition) is 4. The molecule has 1 aromatic carbocycles. The lowest BCUT2D eigenvalue weighted by molar-refractivity contribution is -0.128. The Morgan fingerprint density at radius 2 is 1.87 bits per heavy atom. The van der Waals surface area contributed by atoms with Gasteiger partial charge < -0.3 is 20.1 Å². The molecule has 6 heteroatoms. The Morgan fingerprint density at radius 3 is 2.48 bits per heavy atom. The highest BCUT2D eigenvalue weighted by Gasteiger charge is 2.15. The molecule has 0 aliphatic rings. The fraction of sp³-hybridized carbons (Fsp3) is 0.529. The first-order chi connectivity index (χ1) is 11.0. The van der Waals surface area contributed by atoms with Gasteiger partial charge in [0.05, 0.1) is 14.2 Å². The molecule has 2 N–H and O–H groups in total. The maximum atomic E-state index is 11.9. The Kier molecular flexibility index (Phi) is 7.94. The van der Waals surface area contributed by atoms with E-state index in [0.717, 1.165) is 12.0 Å². The Balaban J connectivity index is 2.48. The number of benzene rings is 1. The van der Waals surface area contributed by atoms with E-state index in [2.05, 4.69) is 10.6 Å². The summed E-state index contributed by atoms with van der Waals surface area (Å²) in [5.74, 6) is 0.977. The van der Waals surface area contributed by atoms with Gasteiger partial charge in [0.15, 0.2) is 11.5 Å². The van der Waals surface area contributed by atoms with Crippen molar-refractivity contribution in [3.63, 3.8) is 0 Å². The third-order valence-electron chi connectivity index (χ3n) is 3.41. The molecule has 0 spiro atoms. The lowest BCUT2D eigenvalue weighted by Crippen LogP contribution is -2.45. The summed E-state index contributed by atoms with van der Waals surface area (Å²) in [5, 5.41) is 5.46. The lowest BCUT2D eigenvalue weighted by atomic mass is 10.1. The van der Waals surface area contributed by atoms with Crippen LogP contribution < -0.4 is 20.1 Å². The van der Waals surface area contributed by atoms with Crippen molar-refractivity contribution in [3.8, 4) is 11.5 Å². The third kappa shape index (κ3) is 6.18. The van der Waals surface area contributed by atoms with Gasteiger partial charge in [0.2, 0.25) is 11.8 Å². The topological polar surface area (TPSA) is 76.7 Å². The molecule has 1 aromatic rings. The van der Waals surface area contributed by atoms with Gasteiger partial charge in [-0.3, -0.25) is 9.59 Å². The van der Waals surface area contributed by atoms with E-state index in [1.54, 1.807) is 21.1 Å². The van der Waals surface area contributed by atoms with E-state index in [1.807, 2.05) is 25.1 Å². The van der Waals surface area contributed by atoms with E-state index in [1.165, 1.54) is 0 Å². The van der Waals surface area contributed by atoms with E-state index in [0.29, 0.717) is 30.9 Å². The summed E-state index contributed by atoms with van der Waals surface area (Å²) < 4.78 is 10.4. The van der Waals surface area contributed by atoms with Crippen LogP contribution in [0.25, 0.3) is 0 Å². The van der Waals surface area contributed by atoms with E-state index in [-0.39, 0.29) is 11.8 Å². The fourth-order valence-electron chi connectivity index (χ4n) is 2.07. The largest absolute Gasteiger partial charge is 0.493 e. The number of ether oxygens (including phenoxy) is 2. The smallest absolute Gasteiger partial charge is 0.242 e. The standard InChI is InChI=1S/C17H26N2O4/c1-5-10-18-17(21)12(2)19-16(20)9-7-13-6-8-14(22-3)15(11-13)23-4/h6,8,11-12H,5,7,9-10H2,1-4H3,(H,18,21)(H,19,20). The van der Waals surface area contributed by atoms with Crippen molar-refractivity contribution in [1.29, 1.82) is 0 Å². The molecule has 128 valence electrons. The van der Waals surface area contributed by atoms with Gasteiger partial charge in [-0.2, -0.15) is 0 Å². The van der Waals surface area contributed by atoms with Crippen LogP contribution in [0.4, 0.5) is 0 Å². The Bertz CT molecular complexity index is 531. The molecular formula is C17H26N2O4. The first-order valence-electron chi connectivity index (χ1n) is 7.79. The van der Waals surface area contributed by atoms with Crippen LogP contribution in [0.15, 0.2) is 18.2 Å². The second-order valence-electron chi connectivity index (χ2n) is 5.27. The zero-order chi connectivity index (χ0) is 17.2. The Hall–Kier alpha value is -2.24. The van der Waals surface area contributed by atoms with Gasteiger partial charge in [0.1, 0.15) is 6.04 Å². The van der Waals surface area contributed by atoms with Gasteiger partial charge in [-0.15, -0.1) is 0 Å². The molecule has 1 unspecified atom stereocenters. The summed E-state index contributed by atoms with van der Waals surface area (Å²) in [5.41, 5.74) is 0.973. The molecule has 6 nitrogen and oxygen atoms in total. The van der Waals surface area contributed by atoms with E-state index in [9.17, 15) is 9.59 Å². The van der Waals surface area contributed by atoms with Crippen LogP contribution in [-0.2, 0) is 16.0 Å². The normalized spacial score (nSPS) is 11.5. The minimum absolute atomic E-state index is 0.154. The lowest BCUT2D eigenvalue weighted by Gasteiger charge is -2.14. The molecule has 0 saturated heterocycles. The van der Waals surface area contributed by atoms with Crippen LogP contribution in [0, 0.1) is 0 Å². The number of nitrogens with one attached hydrogen (secondary N) is 2. The van der Waals surface area contributed by atoms with Crippen molar-refractivity contribution in [2.75, 3.05) is 20.8 Å². The number of aryl methyl sites for hydroxylation is 1. The summed E-state index contributed by atoms with van der Waals surface area (Å²) in [6.07, 6.45) is 1.74. The minimum atomic E-state index is -0.528. The van der Waals surface area contributed by atoms with Crippen molar-refractivity contribution < 1.29 is 19.1 Å². The zero-order valence-electron chi connectivity index (χ0n) is 14.3. The van der Waals surface area contributed by atoms with Crippen LogP contribution in [0.2, 0.25) is 0 Å². The highest BCUT2D eigenvalue weighted by Crippen LogP contribution is 2.27. The predicted octanol–water partition coefficient (Wildman–Crippen LogP) is 1.67. The van der Waals surface area contributed by atoms with Gasteiger partial charge >= 0.3 is 0 Å². The van der Waals surface area contributed by atoms with E-state index >= 15 is 0 Å². The molecule has 1 rings (SSSR count). The number of rotatable bonds is 9. The van der Waals surface area contributed by atoms with Gasteiger partial charge in [0.25, 0.3) is 0 Å². The van der Waals surface area contributed by atoms with Crippen molar-refractivity contribution in [2.24, 2.45) is 0 Å². The molecule has 1 atom stereocenters. The molecule has 0 aliphatic carbocycles. The average Bonchev–Trinajstić information content (AvgIpc) is 2.57. The van der Waals surface area contributed by atoms with Crippen LogP contribution in [0.3, 0.4) is 0 Å². The second-order valence-corrected chi connectivity index (χ2v) is 5.27. The highest BCUT2D eigenvalue weighted by molar-refractivity contribution is 5.87. The molecule has 0 heterocycles. The van der Waals surface area contributed by atoms with Crippen molar-refractivity contribution >= 4 is 11.8 Å². The summed E-state index contributed by atoms with van der Waals surface area (Å²) in [7, 11) is 3.15. The molecule has 23 heavy (non-hydrogen) atoms. The van der Waals surface area contributed by atoms with Crippen LogP contribution in [0.5, 0.6) is 11.5 Å². The molecule has 0 aromatic heterocycles. The van der Waals surface area contributed by atoms with Gasteiger partial charge in [-0.25, -0.2) is 0 Å². The van der Waals surface area contributed by atoms with Crippen molar-refractivity contribution in [2.45, 2.75) is 39.2 Å². The van der Waals surface area contributed by atoms with Gasteiger partial charge in [0, 0.05) is 13.0 Å². The molecule has 2 amide bonds. The Labute approximate surface area is 137 Å².